The molecule has 3 amide bonds. The number of rotatable bonds is 4. The Kier molecular flexibility index (Phi) is 13.5. The van der Waals surface area contributed by atoms with Gasteiger partial charge in [-0.15, -0.1) is 0 Å². The number of hydrazine groups is 1. The van der Waals surface area contributed by atoms with Crippen LogP contribution in [0.2, 0.25) is 0 Å². The van der Waals surface area contributed by atoms with Crippen LogP contribution in [0.3, 0.4) is 0 Å². The van der Waals surface area contributed by atoms with Crippen molar-refractivity contribution in [1.29, 1.82) is 0 Å². The van der Waals surface area contributed by atoms with Gasteiger partial charge in [0.2, 0.25) is 11.8 Å². The first-order valence-corrected chi connectivity index (χ1v) is 15.4. The molecule has 0 aliphatic carbocycles. The van der Waals surface area contributed by atoms with Gasteiger partial charge in [-0.05, 0) is 68.6 Å². The van der Waals surface area contributed by atoms with E-state index in [4.69, 9.17) is 9.47 Å². The summed E-state index contributed by atoms with van der Waals surface area (Å²) in [6.07, 6.45) is 8.84. The predicted molar refractivity (Wildman–Crippen MR) is 162 cm³/mol. The van der Waals surface area contributed by atoms with E-state index >= 15 is 0 Å². The summed E-state index contributed by atoms with van der Waals surface area (Å²) in [5, 5.41) is 17.1. The standard InChI is InChI=1S/C32H48N4O7/c1-21(2)28-30(39)33-26(20-23-13-11-14-24(37)19-23)31(40)36-17-12-15-25(35-36)32(41)43-18-10-8-6-5-7-9-16-27(42-4)22(3)29(38)34-28/h5,7,11,13-14,19,21-22,25-28,35,37H,6,8-10,12,15-18,20H2,1-4H3,(H,33,39)(H,34,38)/b7-5+/t22-,25+,26+,27-,28+/m1/s1. The Hall–Kier alpha value is -3.44. The molecule has 0 saturated carbocycles. The molecule has 11 heteroatoms. The number of benzene rings is 1. The van der Waals surface area contributed by atoms with Gasteiger partial charge in [0.05, 0.1) is 18.6 Å². The molecule has 2 aliphatic rings. The Morgan fingerprint density at radius 2 is 1.79 bits per heavy atom. The van der Waals surface area contributed by atoms with Crippen LogP contribution in [0.15, 0.2) is 36.4 Å². The van der Waals surface area contributed by atoms with Crippen LogP contribution >= 0.6 is 0 Å². The average molecular weight is 601 g/mol. The van der Waals surface area contributed by atoms with Gasteiger partial charge in [0.25, 0.3) is 5.91 Å². The van der Waals surface area contributed by atoms with Crippen molar-refractivity contribution in [2.75, 3.05) is 20.3 Å². The summed E-state index contributed by atoms with van der Waals surface area (Å²) in [7, 11) is 1.58. The lowest BCUT2D eigenvalue weighted by molar-refractivity contribution is -0.153. The van der Waals surface area contributed by atoms with Crippen molar-refractivity contribution in [3.8, 4) is 5.75 Å². The highest BCUT2D eigenvalue weighted by atomic mass is 16.5. The number of nitrogens with zero attached hydrogens (tertiary/aromatic N) is 1. The van der Waals surface area contributed by atoms with Gasteiger partial charge < -0.3 is 25.2 Å². The van der Waals surface area contributed by atoms with Crippen LogP contribution < -0.4 is 16.1 Å². The summed E-state index contributed by atoms with van der Waals surface area (Å²) in [5.41, 5.74) is 3.65. The van der Waals surface area contributed by atoms with E-state index in [2.05, 4.69) is 28.2 Å². The molecule has 11 nitrogen and oxygen atoms in total. The number of phenolic OH excluding ortho intramolecular Hbond substituents is 1. The number of ether oxygens (including phenoxy) is 2. The molecule has 1 saturated heterocycles. The van der Waals surface area contributed by atoms with Gasteiger partial charge >= 0.3 is 5.97 Å². The molecule has 4 N–H and O–H groups in total. The number of allylic oxidation sites excluding steroid dienone is 2. The predicted octanol–water partition coefficient (Wildman–Crippen LogP) is 2.77. The second-order valence-corrected chi connectivity index (χ2v) is 11.8. The first-order chi connectivity index (χ1) is 20.6. The molecule has 0 radical (unpaired) electrons. The molecular weight excluding hydrogens is 552 g/mol. The third-order valence-electron chi connectivity index (χ3n) is 8.02. The van der Waals surface area contributed by atoms with Crippen molar-refractivity contribution < 1.29 is 33.8 Å². The van der Waals surface area contributed by atoms with E-state index in [1.165, 1.54) is 17.1 Å². The van der Waals surface area contributed by atoms with E-state index in [0.29, 0.717) is 38.0 Å². The number of cyclic esters (lactones) is 1. The molecule has 1 aromatic carbocycles. The fourth-order valence-electron chi connectivity index (χ4n) is 5.38. The summed E-state index contributed by atoms with van der Waals surface area (Å²) in [5.74, 6) is -2.37. The molecular formula is C32H48N4O7. The number of hydrogen-bond donors (Lipinski definition) is 4. The van der Waals surface area contributed by atoms with Gasteiger partial charge in [-0.2, -0.15) is 0 Å². The van der Waals surface area contributed by atoms with Crippen molar-refractivity contribution in [3.63, 3.8) is 0 Å². The quantitative estimate of drug-likeness (QED) is 0.305. The molecule has 0 unspecified atom stereocenters. The van der Waals surface area contributed by atoms with Crippen LogP contribution in [0, 0.1) is 11.8 Å². The molecule has 2 heterocycles. The van der Waals surface area contributed by atoms with E-state index in [-0.39, 0.29) is 30.1 Å². The fraction of sp³-hybridized carbons (Fsp3) is 0.625. The molecule has 0 aromatic heterocycles. The van der Waals surface area contributed by atoms with Crippen molar-refractivity contribution >= 4 is 23.7 Å². The molecule has 43 heavy (non-hydrogen) atoms. The van der Waals surface area contributed by atoms with Gasteiger partial charge in [0, 0.05) is 20.1 Å². The number of hydrogen-bond acceptors (Lipinski definition) is 8. The molecule has 2 bridgehead atoms. The molecule has 1 aromatic rings. The molecule has 238 valence electrons. The van der Waals surface area contributed by atoms with Gasteiger partial charge in [-0.1, -0.05) is 45.1 Å². The zero-order valence-electron chi connectivity index (χ0n) is 25.8. The number of aromatic hydroxyl groups is 1. The lowest BCUT2D eigenvalue weighted by Crippen LogP contribution is -2.62. The van der Waals surface area contributed by atoms with Gasteiger partial charge in [0.1, 0.15) is 23.9 Å². The Bertz CT molecular complexity index is 1120. The summed E-state index contributed by atoms with van der Waals surface area (Å²) in [4.78, 5) is 53.6. The second kappa shape index (κ2) is 17.0. The zero-order chi connectivity index (χ0) is 31.4. The second-order valence-electron chi connectivity index (χ2n) is 11.8. The van der Waals surface area contributed by atoms with Gasteiger partial charge in [-0.25, -0.2) is 5.43 Å². The average Bonchev–Trinajstić information content (AvgIpc) is 2.99. The lowest BCUT2D eigenvalue weighted by Gasteiger charge is -2.35. The first kappa shape index (κ1) is 34.1. The molecule has 0 spiro atoms. The number of methoxy groups -OCH3 is 1. The van der Waals surface area contributed by atoms with E-state index < -0.39 is 41.8 Å². The topological polar surface area (TPSA) is 146 Å². The minimum atomic E-state index is -1.02. The highest BCUT2D eigenvalue weighted by Gasteiger charge is 2.36. The van der Waals surface area contributed by atoms with Crippen molar-refractivity contribution in [3.05, 3.63) is 42.0 Å². The highest BCUT2D eigenvalue weighted by molar-refractivity contribution is 5.93. The Morgan fingerprint density at radius 3 is 2.51 bits per heavy atom. The van der Waals surface area contributed by atoms with E-state index in [0.717, 1.165) is 25.7 Å². The molecule has 1 fully saturated rings. The Labute approximate surface area is 254 Å². The third kappa shape index (κ3) is 10.4. The van der Waals surface area contributed by atoms with Crippen LogP contribution in [0.1, 0.15) is 71.3 Å². The number of carbonyl (C=O) groups is 4. The van der Waals surface area contributed by atoms with E-state index in [9.17, 15) is 24.3 Å². The largest absolute Gasteiger partial charge is 0.508 e. The number of amides is 3. The third-order valence-corrected chi connectivity index (χ3v) is 8.02. The number of phenols is 1. The molecule has 3 rings (SSSR count). The van der Waals surface area contributed by atoms with Gasteiger partial charge in [0.15, 0.2) is 0 Å². The number of esters is 1. The SMILES string of the molecule is CO[C@@H]1CC/C=C/CCCCOC(=O)[C@@H]2CCCN(N2)C(=O)[C@H](Cc2cccc(O)c2)NC(=O)[C@H](C(C)C)NC(=O)[C@@H]1C. The van der Waals surface area contributed by atoms with Crippen LogP contribution in [0.4, 0.5) is 0 Å². The Morgan fingerprint density at radius 1 is 1.02 bits per heavy atom. The number of fused-ring (bicyclic) bond motifs is 2. The number of nitrogens with one attached hydrogen (secondary N) is 3. The van der Waals surface area contributed by atoms with E-state index in [1.54, 1.807) is 26.2 Å². The van der Waals surface area contributed by atoms with Crippen LogP contribution in [-0.4, -0.2) is 78.3 Å². The maximum Gasteiger partial charge on any atom is 0.324 e. The lowest BCUT2D eigenvalue weighted by atomic mass is 9.96. The minimum Gasteiger partial charge on any atom is -0.508 e. The van der Waals surface area contributed by atoms with Crippen molar-refractivity contribution in [2.45, 2.75) is 96.4 Å². The molecule has 5 atom stereocenters. The monoisotopic (exact) mass is 600 g/mol. The zero-order valence-corrected chi connectivity index (χ0v) is 25.8. The number of carbonyl (C=O) groups excluding carboxylic acids is 4. The van der Waals surface area contributed by atoms with Crippen molar-refractivity contribution in [2.24, 2.45) is 11.8 Å². The van der Waals surface area contributed by atoms with Crippen molar-refractivity contribution in [1.82, 2.24) is 21.1 Å². The fourth-order valence-corrected chi connectivity index (χ4v) is 5.38. The summed E-state index contributed by atoms with van der Waals surface area (Å²) >= 11 is 0. The normalized spacial score (nSPS) is 28.2. The molecule has 2 aliphatic heterocycles. The summed E-state index contributed by atoms with van der Waals surface area (Å²) < 4.78 is 11.1. The maximum absolute atomic E-state index is 13.8. The van der Waals surface area contributed by atoms with Crippen LogP contribution in [0.25, 0.3) is 0 Å². The van der Waals surface area contributed by atoms with Crippen LogP contribution in [0.5, 0.6) is 5.75 Å². The summed E-state index contributed by atoms with van der Waals surface area (Å²) in [6.45, 7) is 6.08. The van der Waals surface area contributed by atoms with Crippen LogP contribution in [-0.2, 0) is 35.1 Å². The first-order valence-electron chi connectivity index (χ1n) is 15.4. The smallest absolute Gasteiger partial charge is 0.324 e. The highest BCUT2D eigenvalue weighted by Crippen LogP contribution is 2.18. The summed E-state index contributed by atoms with van der Waals surface area (Å²) in [6, 6.07) is 3.89. The maximum atomic E-state index is 13.8. The Balaban J connectivity index is 1.88. The van der Waals surface area contributed by atoms with Gasteiger partial charge in [-0.3, -0.25) is 24.2 Å². The van der Waals surface area contributed by atoms with E-state index in [1.807, 2.05) is 13.8 Å². The minimum absolute atomic E-state index is 0.0399.